The average molecular weight is 292 g/mol. The van der Waals surface area contributed by atoms with Crippen molar-refractivity contribution >= 4 is 11.6 Å². The van der Waals surface area contributed by atoms with Gasteiger partial charge in [0.05, 0.1) is 6.10 Å². The number of nitrogens with one attached hydrogen (secondary N) is 2. The van der Waals surface area contributed by atoms with Gasteiger partial charge < -0.3 is 15.4 Å². The first kappa shape index (κ1) is 16.0. The molecule has 0 aromatic carbocycles. The standard InChI is InChI=1S/C16H28N4O/c1-7-21-12-8-11(16(12,4)5)18-14-9-13(17-6)19-15(20-14)10(2)3/h9-12H,7-8H2,1-6H3,(H2,17,18,19,20). The Labute approximate surface area is 127 Å². The highest BCUT2D eigenvalue weighted by molar-refractivity contribution is 5.48. The SMILES string of the molecule is CCOC1CC(Nc2cc(NC)nc(C(C)C)n2)C1(C)C. The van der Waals surface area contributed by atoms with Gasteiger partial charge >= 0.3 is 0 Å². The molecular formula is C16H28N4O. The second-order valence-corrected chi connectivity index (χ2v) is 6.60. The minimum atomic E-state index is 0.124. The van der Waals surface area contributed by atoms with E-state index in [0.29, 0.717) is 18.1 Å². The molecule has 2 atom stereocenters. The number of ether oxygens (including phenoxy) is 1. The van der Waals surface area contributed by atoms with Crippen molar-refractivity contribution in [2.24, 2.45) is 5.41 Å². The van der Waals surface area contributed by atoms with Crippen LogP contribution in [0, 0.1) is 5.41 Å². The summed E-state index contributed by atoms with van der Waals surface area (Å²) in [6.45, 7) is 11.5. The van der Waals surface area contributed by atoms with Gasteiger partial charge in [-0.2, -0.15) is 0 Å². The van der Waals surface area contributed by atoms with E-state index in [4.69, 9.17) is 4.74 Å². The van der Waals surface area contributed by atoms with Crippen molar-refractivity contribution in [3.05, 3.63) is 11.9 Å². The fourth-order valence-electron chi connectivity index (χ4n) is 2.72. The van der Waals surface area contributed by atoms with Crippen LogP contribution < -0.4 is 10.6 Å². The topological polar surface area (TPSA) is 59.1 Å². The van der Waals surface area contributed by atoms with Crippen LogP contribution in [0.5, 0.6) is 0 Å². The van der Waals surface area contributed by atoms with Crippen molar-refractivity contribution in [1.82, 2.24) is 9.97 Å². The molecule has 5 heteroatoms. The molecule has 0 saturated heterocycles. The molecule has 1 saturated carbocycles. The largest absolute Gasteiger partial charge is 0.378 e. The minimum Gasteiger partial charge on any atom is -0.378 e. The van der Waals surface area contributed by atoms with E-state index in [1.165, 1.54) is 0 Å². The predicted octanol–water partition coefficient (Wildman–Crippen LogP) is 3.26. The smallest absolute Gasteiger partial charge is 0.135 e. The molecule has 1 fully saturated rings. The van der Waals surface area contributed by atoms with Gasteiger partial charge in [-0.3, -0.25) is 0 Å². The van der Waals surface area contributed by atoms with E-state index in [1.54, 1.807) is 0 Å². The molecular weight excluding hydrogens is 264 g/mol. The second kappa shape index (κ2) is 6.18. The molecule has 1 aromatic heterocycles. The summed E-state index contributed by atoms with van der Waals surface area (Å²) in [6.07, 6.45) is 1.35. The van der Waals surface area contributed by atoms with Gasteiger partial charge in [-0.15, -0.1) is 0 Å². The summed E-state index contributed by atoms with van der Waals surface area (Å²) >= 11 is 0. The highest BCUT2D eigenvalue weighted by atomic mass is 16.5. The number of rotatable bonds is 6. The van der Waals surface area contributed by atoms with Gasteiger partial charge in [0.1, 0.15) is 17.5 Å². The lowest BCUT2D eigenvalue weighted by molar-refractivity contribution is -0.0976. The summed E-state index contributed by atoms with van der Waals surface area (Å²) < 4.78 is 5.78. The molecule has 21 heavy (non-hydrogen) atoms. The number of anilines is 2. The summed E-state index contributed by atoms with van der Waals surface area (Å²) in [5.74, 6) is 2.92. The third-order valence-electron chi connectivity index (χ3n) is 4.38. The van der Waals surface area contributed by atoms with E-state index < -0.39 is 0 Å². The summed E-state index contributed by atoms with van der Waals surface area (Å²) in [6, 6.07) is 2.35. The first-order valence-electron chi connectivity index (χ1n) is 7.83. The molecule has 0 spiro atoms. The van der Waals surface area contributed by atoms with Crippen molar-refractivity contribution in [3.8, 4) is 0 Å². The lowest BCUT2D eigenvalue weighted by atomic mass is 9.64. The molecule has 5 nitrogen and oxygen atoms in total. The van der Waals surface area contributed by atoms with Gasteiger partial charge in [-0.25, -0.2) is 9.97 Å². The fourth-order valence-corrected chi connectivity index (χ4v) is 2.72. The van der Waals surface area contributed by atoms with Crippen molar-refractivity contribution in [2.75, 3.05) is 24.3 Å². The van der Waals surface area contributed by atoms with Crippen molar-refractivity contribution in [2.45, 2.75) is 59.1 Å². The van der Waals surface area contributed by atoms with Crippen LogP contribution in [0.15, 0.2) is 6.07 Å². The van der Waals surface area contributed by atoms with Crippen molar-refractivity contribution < 1.29 is 4.74 Å². The average Bonchev–Trinajstić information content (AvgIpc) is 2.45. The van der Waals surface area contributed by atoms with Crippen LogP contribution in [0.25, 0.3) is 0 Å². The molecule has 0 amide bonds. The maximum Gasteiger partial charge on any atom is 0.135 e. The van der Waals surface area contributed by atoms with E-state index in [-0.39, 0.29) is 5.41 Å². The first-order chi connectivity index (χ1) is 9.88. The van der Waals surface area contributed by atoms with Crippen molar-refractivity contribution in [1.29, 1.82) is 0 Å². The molecule has 1 heterocycles. The Morgan fingerprint density at radius 3 is 2.52 bits per heavy atom. The Kier molecular flexibility index (Phi) is 4.71. The maximum atomic E-state index is 5.78. The normalized spacial score (nSPS) is 23.8. The molecule has 2 rings (SSSR count). The van der Waals surface area contributed by atoms with E-state index in [9.17, 15) is 0 Å². The molecule has 0 bridgehead atoms. The van der Waals surface area contributed by atoms with E-state index in [2.05, 4.69) is 55.2 Å². The summed E-state index contributed by atoms with van der Waals surface area (Å²) in [5, 5.41) is 6.66. The molecule has 118 valence electrons. The first-order valence-corrected chi connectivity index (χ1v) is 7.83. The van der Waals surface area contributed by atoms with Gasteiger partial charge in [0, 0.05) is 37.1 Å². The van der Waals surface area contributed by atoms with Crippen LogP contribution >= 0.6 is 0 Å². The lowest BCUT2D eigenvalue weighted by Gasteiger charge is -2.51. The molecule has 2 unspecified atom stereocenters. The van der Waals surface area contributed by atoms with Gasteiger partial charge in [-0.1, -0.05) is 27.7 Å². The predicted molar refractivity (Wildman–Crippen MR) is 86.9 cm³/mol. The third-order valence-corrected chi connectivity index (χ3v) is 4.38. The van der Waals surface area contributed by atoms with Gasteiger partial charge in [-0.05, 0) is 13.3 Å². The van der Waals surface area contributed by atoms with Gasteiger partial charge in [0.2, 0.25) is 0 Å². The Hall–Kier alpha value is -1.36. The van der Waals surface area contributed by atoms with E-state index in [1.807, 2.05) is 13.1 Å². The maximum absolute atomic E-state index is 5.78. The number of aromatic nitrogens is 2. The zero-order valence-corrected chi connectivity index (χ0v) is 14.0. The Bertz CT molecular complexity index is 487. The molecule has 0 radical (unpaired) electrons. The van der Waals surface area contributed by atoms with Crippen LogP contribution in [0.1, 0.15) is 52.8 Å². The lowest BCUT2D eigenvalue weighted by Crippen LogP contribution is -2.58. The van der Waals surface area contributed by atoms with Crippen LogP contribution in [-0.4, -0.2) is 35.8 Å². The van der Waals surface area contributed by atoms with Crippen LogP contribution in [0.3, 0.4) is 0 Å². The number of hydrogen-bond donors (Lipinski definition) is 2. The Morgan fingerprint density at radius 1 is 1.33 bits per heavy atom. The molecule has 0 aliphatic heterocycles. The minimum absolute atomic E-state index is 0.124. The molecule has 1 aliphatic carbocycles. The second-order valence-electron chi connectivity index (χ2n) is 6.60. The van der Waals surface area contributed by atoms with E-state index >= 15 is 0 Å². The fraction of sp³-hybridized carbons (Fsp3) is 0.750. The molecule has 2 N–H and O–H groups in total. The van der Waals surface area contributed by atoms with Crippen LogP contribution in [0.2, 0.25) is 0 Å². The molecule has 1 aliphatic rings. The molecule has 1 aromatic rings. The van der Waals surface area contributed by atoms with E-state index in [0.717, 1.165) is 30.5 Å². The highest BCUT2D eigenvalue weighted by Crippen LogP contribution is 2.44. The zero-order valence-electron chi connectivity index (χ0n) is 14.0. The van der Waals surface area contributed by atoms with Gasteiger partial charge in [0.15, 0.2) is 0 Å². The summed E-state index contributed by atoms with van der Waals surface area (Å²) in [5.41, 5.74) is 0.124. The van der Waals surface area contributed by atoms with Crippen LogP contribution in [0.4, 0.5) is 11.6 Å². The third kappa shape index (κ3) is 3.28. The summed E-state index contributed by atoms with van der Waals surface area (Å²) in [7, 11) is 1.88. The van der Waals surface area contributed by atoms with Crippen molar-refractivity contribution in [3.63, 3.8) is 0 Å². The van der Waals surface area contributed by atoms with Crippen LogP contribution in [-0.2, 0) is 4.74 Å². The monoisotopic (exact) mass is 292 g/mol. The number of nitrogens with zero attached hydrogens (tertiary/aromatic N) is 2. The zero-order chi connectivity index (χ0) is 15.6. The highest BCUT2D eigenvalue weighted by Gasteiger charge is 2.49. The Morgan fingerprint density at radius 2 is 2.00 bits per heavy atom. The summed E-state index contributed by atoms with van der Waals surface area (Å²) in [4.78, 5) is 9.13. The van der Waals surface area contributed by atoms with Gasteiger partial charge in [0.25, 0.3) is 0 Å². The number of hydrogen-bond acceptors (Lipinski definition) is 5. The quantitative estimate of drug-likeness (QED) is 0.843. The Balaban J connectivity index is 2.12.